The number of aromatic nitrogens is 2. The van der Waals surface area contributed by atoms with Crippen molar-refractivity contribution < 1.29 is 4.74 Å². The van der Waals surface area contributed by atoms with Crippen LogP contribution in [0.2, 0.25) is 0 Å². The Kier molecular flexibility index (Phi) is 4.02. The first-order valence-electron chi connectivity index (χ1n) is 5.77. The van der Waals surface area contributed by atoms with Gasteiger partial charge in [0.05, 0.1) is 17.6 Å². The zero-order chi connectivity index (χ0) is 12.3. The summed E-state index contributed by atoms with van der Waals surface area (Å²) in [6.45, 7) is 3.59. The molecule has 2 rings (SSSR count). The van der Waals surface area contributed by atoms with E-state index in [1.165, 1.54) is 5.56 Å². The third-order valence-electron chi connectivity index (χ3n) is 2.82. The van der Waals surface area contributed by atoms with Crippen LogP contribution >= 0.6 is 11.6 Å². The van der Waals surface area contributed by atoms with E-state index >= 15 is 0 Å². The van der Waals surface area contributed by atoms with Gasteiger partial charge in [0.25, 0.3) is 0 Å². The molecule has 0 fully saturated rings. The van der Waals surface area contributed by atoms with E-state index in [9.17, 15) is 0 Å². The number of benzene rings is 1. The van der Waals surface area contributed by atoms with Crippen molar-refractivity contribution in [2.75, 3.05) is 19.6 Å². The van der Waals surface area contributed by atoms with Gasteiger partial charge in [-0.3, -0.25) is 0 Å². The van der Waals surface area contributed by atoms with Crippen LogP contribution in [0.3, 0.4) is 0 Å². The van der Waals surface area contributed by atoms with E-state index in [2.05, 4.69) is 34.7 Å². The summed E-state index contributed by atoms with van der Waals surface area (Å²) in [5.41, 5.74) is 3.43. The molecule has 92 valence electrons. The van der Waals surface area contributed by atoms with Crippen LogP contribution in [0.25, 0.3) is 11.0 Å². The second kappa shape index (κ2) is 5.52. The van der Waals surface area contributed by atoms with Crippen molar-refractivity contribution in [3.05, 3.63) is 29.6 Å². The van der Waals surface area contributed by atoms with E-state index in [1.807, 2.05) is 0 Å². The molecule has 0 unspecified atom stereocenters. The topological polar surface area (TPSA) is 27.1 Å². The van der Waals surface area contributed by atoms with Crippen LogP contribution in [0.4, 0.5) is 0 Å². The SMILES string of the molecule is COCCn1c(CCCl)nc2cc(C)ccc21. The fraction of sp³-hybridized carbons (Fsp3) is 0.462. The first kappa shape index (κ1) is 12.4. The van der Waals surface area contributed by atoms with E-state index in [4.69, 9.17) is 16.3 Å². The normalized spacial score (nSPS) is 11.2. The molecule has 0 saturated carbocycles. The van der Waals surface area contributed by atoms with Crippen molar-refractivity contribution in [3.8, 4) is 0 Å². The Hall–Kier alpha value is -1.06. The fourth-order valence-electron chi connectivity index (χ4n) is 2.00. The first-order chi connectivity index (χ1) is 8.26. The maximum atomic E-state index is 5.82. The van der Waals surface area contributed by atoms with E-state index in [-0.39, 0.29) is 0 Å². The lowest BCUT2D eigenvalue weighted by Gasteiger charge is -2.07. The monoisotopic (exact) mass is 252 g/mol. The van der Waals surface area contributed by atoms with Crippen LogP contribution in [0.15, 0.2) is 18.2 Å². The van der Waals surface area contributed by atoms with Crippen molar-refractivity contribution in [1.29, 1.82) is 0 Å². The Labute approximate surface area is 106 Å². The van der Waals surface area contributed by atoms with Crippen molar-refractivity contribution in [2.45, 2.75) is 19.9 Å². The summed E-state index contributed by atoms with van der Waals surface area (Å²) < 4.78 is 7.33. The molecule has 0 saturated heterocycles. The third-order valence-corrected chi connectivity index (χ3v) is 3.01. The van der Waals surface area contributed by atoms with Crippen molar-refractivity contribution in [3.63, 3.8) is 0 Å². The van der Waals surface area contributed by atoms with Gasteiger partial charge in [-0.15, -0.1) is 11.6 Å². The van der Waals surface area contributed by atoms with Gasteiger partial charge in [0.2, 0.25) is 0 Å². The predicted molar refractivity (Wildman–Crippen MR) is 70.8 cm³/mol. The van der Waals surface area contributed by atoms with Crippen LogP contribution < -0.4 is 0 Å². The number of fused-ring (bicyclic) bond motifs is 1. The smallest absolute Gasteiger partial charge is 0.111 e. The number of methoxy groups -OCH3 is 1. The molecule has 0 spiro atoms. The Morgan fingerprint density at radius 2 is 2.24 bits per heavy atom. The zero-order valence-electron chi connectivity index (χ0n) is 10.2. The molecule has 1 aromatic heterocycles. The molecule has 0 N–H and O–H groups in total. The van der Waals surface area contributed by atoms with Crippen LogP contribution in [0.5, 0.6) is 0 Å². The van der Waals surface area contributed by atoms with Crippen molar-refractivity contribution >= 4 is 22.6 Å². The number of aryl methyl sites for hydroxylation is 2. The number of imidazole rings is 1. The van der Waals surface area contributed by atoms with E-state index in [1.54, 1.807) is 7.11 Å². The van der Waals surface area contributed by atoms with Crippen molar-refractivity contribution in [2.24, 2.45) is 0 Å². The first-order valence-corrected chi connectivity index (χ1v) is 6.30. The number of ether oxygens (including phenoxy) is 1. The van der Waals surface area contributed by atoms with Gasteiger partial charge in [0, 0.05) is 26.0 Å². The largest absolute Gasteiger partial charge is 0.383 e. The molecule has 0 aliphatic rings. The Balaban J connectivity index is 2.46. The molecule has 0 aliphatic carbocycles. The molecule has 1 aromatic carbocycles. The number of halogens is 1. The number of nitrogens with zero attached hydrogens (tertiary/aromatic N) is 2. The van der Waals surface area contributed by atoms with Gasteiger partial charge in [0.1, 0.15) is 5.82 Å². The van der Waals surface area contributed by atoms with Crippen molar-refractivity contribution in [1.82, 2.24) is 9.55 Å². The van der Waals surface area contributed by atoms with E-state index in [0.29, 0.717) is 12.5 Å². The number of hydrogen-bond donors (Lipinski definition) is 0. The van der Waals surface area contributed by atoms with Gasteiger partial charge in [-0.05, 0) is 24.6 Å². The van der Waals surface area contributed by atoms with Crippen LogP contribution in [0, 0.1) is 6.92 Å². The van der Waals surface area contributed by atoms with Gasteiger partial charge in [-0.25, -0.2) is 4.98 Å². The molecule has 17 heavy (non-hydrogen) atoms. The molecule has 0 bridgehead atoms. The molecule has 0 amide bonds. The Bertz CT molecular complexity index is 507. The van der Waals surface area contributed by atoms with Gasteiger partial charge < -0.3 is 9.30 Å². The van der Waals surface area contributed by atoms with E-state index < -0.39 is 0 Å². The van der Waals surface area contributed by atoms with E-state index in [0.717, 1.165) is 29.8 Å². The summed E-state index contributed by atoms with van der Waals surface area (Å²) in [6, 6.07) is 6.33. The number of hydrogen-bond acceptors (Lipinski definition) is 2. The average molecular weight is 253 g/mol. The molecular formula is C13H17ClN2O. The lowest BCUT2D eigenvalue weighted by molar-refractivity contribution is 0.187. The zero-order valence-corrected chi connectivity index (χ0v) is 11.0. The molecule has 1 heterocycles. The summed E-state index contributed by atoms with van der Waals surface area (Å²) >= 11 is 5.82. The highest BCUT2D eigenvalue weighted by Crippen LogP contribution is 2.18. The summed E-state index contributed by atoms with van der Waals surface area (Å²) in [6.07, 6.45) is 0.791. The highest BCUT2D eigenvalue weighted by atomic mass is 35.5. The molecule has 0 radical (unpaired) electrons. The predicted octanol–water partition coefficient (Wildman–Crippen LogP) is 2.77. The van der Waals surface area contributed by atoms with Crippen LogP contribution in [-0.2, 0) is 17.7 Å². The fourth-order valence-corrected chi connectivity index (χ4v) is 2.17. The Morgan fingerprint density at radius 1 is 1.41 bits per heavy atom. The summed E-state index contributed by atoms with van der Waals surface area (Å²) in [5, 5.41) is 0. The quantitative estimate of drug-likeness (QED) is 0.765. The molecule has 4 heteroatoms. The second-order valence-electron chi connectivity index (χ2n) is 4.10. The Morgan fingerprint density at radius 3 is 2.94 bits per heavy atom. The molecule has 3 nitrogen and oxygen atoms in total. The minimum atomic E-state index is 0.593. The maximum absolute atomic E-state index is 5.82. The lowest BCUT2D eigenvalue weighted by Crippen LogP contribution is -2.08. The van der Waals surface area contributed by atoms with Crippen LogP contribution in [-0.4, -0.2) is 29.1 Å². The van der Waals surface area contributed by atoms with Gasteiger partial charge in [-0.1, -0.05) is 6.07 Å². The highest BCUT2D eigenvalue weighted by molar-refractivity contribution is 6.17. The standard InChI is InChI=1S/C13H17ClN2O/c1-10-3-4-12-11(9-10)15-13(5-6-14)16(12)7-8-17-2/h3-4,9H,5-8H2,1-2H3. The third kappa shape index (κ3) is 2.61. The van der Waals surface area contributed by atoms with Gasteiger partial charge >= 0.3 is 0 Å². The van der Waals surface area contributed by atoms with Gasteiger partial charge in [0.15, 0.2) is 0 Å². The average Bonchev–Trinajstić information content (AvgIpc) is 2.63. The lowest BCUT2D eigenvalue weighted by atomic mass is 10.2. The van der Waals surface area contributed by atoms with Crippen LogP contribution in [0.1, 0.15) is 11.4 Å². The number of alkyl halides is 1. The second-order valence-corrected chi connectivity index (χ2v) is 4.48. The van der Waals surface area contributed by atoms with Gasteiger partial charge in [-0.2, -0.15) is 0 Å². The summed E-state index contributed by atoms with van der Waals surface area (Å²) in [5.74, 6) is 1.63. The highest BCUT2D eigenvalue weighted by Gasteiger charge is 2.09. The molecular weight excluding hydrogens is 236 g/mol. The molecule has 0 atom stereocenters. The summed E-state index contributed by atoms with van der Waals surface area (Å²) in [4.78, 5) is 4.64. The maximum Gasteiger partial charge on any atom is 0.111 e. The minimum absolute atomic E-state index is 0.593. The number of rotatable bonds is 5. The minimum Gasteiger partial charge on any atom is -0.383 e. The molecule has 2 aromatic rings. The summed E-state index contributed by atoms with van der Waals surface area (Å²) in [7, 11) is 1.71. The molecule has 0 aliphatic heterocycles.